The number of aliphatic hydroxyl groups is 8. The number of amides is 1. The van der Waals surface area contributed by atoms with Gasteiger partial charge in [-0.3, -0.25) is 4.79 Å². The monoisotopic (exact) mass is 1150 g/mol. The molecule has 9 N–H and O–H groups in total. The molecule has 0 aromatic rings. The summed E-state index contributed by atoms with van der Waals surface area (Å²) in [7, 11) is 0. The first-order chi connectivity index (χ1) is 40.1. The van der Waals surface area contributed by atoms with Crippen LogP contribution < -0.4 is 5.32 Å². The smallest absolute Gasteiger partial charge is 0.220 e. The number of carbonyl (C=O) groups excluding carboxylic acids is 1. The zero-order valence-corrected chi connectivity index (χ0v) is 50.2. The molecule has 0 aliphatic carbocycles. The van der Waals surface area contributed by atoms with E-state index >= 15 is 0 Å². The summed E-state index contributed by atoms with van der Waals surface area (Å²) in [6.45, 7) is 2.62. The molecule has 466 valence electrons. The molecule has 2 fully saturated rings. The zero-order valence-electron chi connectivity index (χ0n) is 50.2. The van der Waals surface area contributed by atoms with Crippen molar-refractivity contribution < 1.29 is 64.6 Å². The van der Waals surface area contributed by atoms with E-state index in [1.807, 2.05) is 6.08 Å². The first-order valence-corrected chi connectivity index (χ1v) is 31.4. The predicted molar refractivity (Wildman–Crippen MR) is 331 cm³/mol. The van der Waals surface area contributed by atoms with E-state index in [0.29, 0.717) is 12.8 Å². The average molecular weight is 1150 g/mol. The van der Waals surface area contributed by atoms with Gasteiger partial charge in [0.25, 0.3) is 0 Å². The van der Waals surface area contributed by atoms with Crippen molar-refractivity contribution in [3.8, 4) is 0 Å². The average Bonchev–Trinajstić information content (AvgIpc) is 3.65. The summed E-state index contributed by atoms with van der Waals surface area (Å²) in [4.78, 5) is 13.3. The number of carbonyl (C=O) groups is 1. The van der Waals surface area contributed by atoms with Crippen molar-refractivity contribution in [2.45, 2.75) is 267 Å². The molecule has 2 saturated heterocycles. The molecule has 0 aromatic heterocycles. The topological polar surface area (TPSA) is 228 Å². The van der Waals surface area contributed by atoms with Crippen molar-refractivity contribution in [1.82, 2.24) is 5.32 Å². The fraction of sp³-hybridized carbons (Fsp3) is 0.662. The molecular weight excluding hydrogens is 1040 g/mol. The summed E-state index contributed by atoms with van der Waals surface area (Å²) >= 11 is 0. The third-order valence-corrected chi connectivity index (χ3v) is 14.3. The van der Waals surface area contributed by atoms with E-state index in [1.165, 1.54) is 57.8 Å². The van der Waals surface area contributed by atoms with Gasteiger partial charge in [-0.1, -0.05) is 212 Å². The largest absolute Gasteiger partial charge is 0.394 e. The Bertz CT molecular complexity index is 1880. The van der Waals surface area contributed by atoms with E-state index in [4.69, 9.17) is 18.9 Å². The van der Waals surface area contributed by atoms with Crippen LogP contribution in [0.4, 0.5) is 0 Å². The van der Waals surface area contributed by atoms with Crippen molar-refractivity contribution in [3.63, 3.8) is 0 Å². The third-order valence-electron chi connectivity index (χ3n) is 14.3. The van der Waals surface area contributed by atoms with Gasteiger partial charge in [0.1, 0.15) is 48.8 Å². The summed E-state index contributed by atoms with van der Waals surface area (Å²) in [6, 6.07) is -0.963. The number of nitrogens with one attached hydrogen (secondary N) is 1. The minimum atomic E-state index is -1.80. The Morgan fingerprint density at radius 3 is 1.34 bits per heavy atom. The van der Waals surface area contributed by atoms with Gasteiger partial charge in [0.05, 0.1) is 32.0 Å². The van der Waals surface area contributed by atoms with Crippen molar-refractivity contribution in [2.75, 3.05) is 19.8 Å². The Hall–Kier alpha value is -3.87. The zero-order chi connectivity index (χ0) is 59.5. The van der Waals surface area contributed by atoms with E-state index in [1.54, 1.807) is 6.08 Å². The van der Waals surface area contributed by atoms with Gasteiger partial charge in [0, 0.05) is 6.42 Å². The van der Waals surface area contributed by atoms with E-state index in [-0.39, 0.29) is 18.9 Å². The third kappa shape index (κ3) is 36.1. The second-order valence-electron chi connectivity index (χ2n) is 21.4. The minimum absolute atomic E-state index is 0.231. The van der Waals surface area contributed by atoms with Crippen LogP contribution in [-0.2, 0) is 23.7 Å². The highest BCUT2D eigenvalue weighted by Crippen LogP contribution is 2.30. The number of aliphatic hydroxyl groups excluding tert-OH is 8. The Balaban J connectivity index is 1.78. The van der Waals surface area contributed by atoms with Gasteiger partial charge in [-0.2, -0.15) is 0 Å². The molecule has 14 heteroatoms. The number of allylic oxidation sites excluding steroid dienone is 21. The van der Waals surface area contributed by atoms with Gasteiger partial charge in [0.15, 0.2) is 12.6 Å². The van der Waals surface area contributed by atoms with Crippen LogP contribution in [0.2, 0.25) is 0 Å². The summed E-state index contributed by atoms with van der Waals surface area (Å²) in [5.41, 5.74) is 0. The maximum Gasteiger partial charge on any atom is 0.220 e. The summed E-state index contributed by atoms with van der Waals surface area (Å²) in [5.74, 6) is -0.284. The molecule has 2 heterocycles. The SMILES string of the molecule is CC/C=C\C/C=C\C/C=C\C/C=C\C/C=C\C/C=C\C/C=C\C/C=C\CCCCCCC(=O)NC(COC1OC(CO)C(OC2OC(CO)C(O)C(O)C2O)C(O)C1O)C(O)/C=C/CC/C=C/CC/C=C/CCCCCCCCCCC. The van der Waals surface area contributed by atoms with E-state index < -0.39 is 86.8 Å². The van der Waals surface area contributed by atoms with Crippen molar-refractivity contribution in [1.29, 1.82) is 0 Å². The van der Waals surface area contributed by atoms with Crippen LogP contribution in [0.15, 0.2) is 134 Å². The first kappa shape index (κ1) is 74.2. The summed E-state index contributed by atoms with van der Waals surface area (Å²) in [5, 5.41) is 87.2. The fourth-order valence-electron chi connectivity index (χ4n) is 9.28. The lowest BCUT2D eigenvalue weighted by molar-refractivity contribution is -0.359. The highest BCUT2D eigenvalue weighted by molar-refractivity contribution is 5.76. The molecule has 0 radical (unpaired) electrons. The van der Waals surface area contributed by atoms with Crippen LogP contribution in [0, 0.1) is 0 Å². The van der Waals surface area contributed by atoms with E-state index in [2.05, 4.69) is 141 Å². The molecule has 2 aliphatic rings. The predicted octanol–water partition coefficient (Wildman–Crippen LogP) is 11.6. The molecule has 2 rings (SSSR count). The fourth-order valence-corrected chi connectivity index (χ4v) is 9.28. The number of ether oxygens (including phenoxy) is 4. The molecule has 12 atom stereocenters. The Kier molecular flexibility index (Phi) is 46.7. The number of hydrogen-bond acceptors (Lipinski definition) is 13. The van der Waals surface area contributed by atoms with Crippen LogP contribution in [-0.4, -0.2) is 140 Å². The lowest BCUT2D eigenvalue weighted by Gasteiger charge is -2.46. The second-order valence-corrected chi connectivity index (χ2v) is 21.4. The van der Waals surface area contributed by atoms with Crippen LogP contribution in [0.25, 0.3) is 0 Å². The van der Waals surface area contributed by atoms with Gasteiger partial charge < -0.3 is 65.1 Å². The van der Waals surface area contributed by atoms with Gasteiger partial charge in [-0.15, -0.1) is 0 Å². The normalized spacial score (nSPS) is 24.9. The first-order valence-electron chi connectivity index (χ1n) is 31.4. The molecule has 2 aliphatic heterocycles. The number of unbranched alkanes of at least 4 members (excludes halogenated alkanes) is 15. The summed E-state index contributed by atoms with van der Waals surface area (Å²) < 4.78 is 22.8. The van der Waals surface area contributed by atoms with Gasteiger partial charge >= 0.3 is 0 Å². The lowest BCUT2D eigenvalue weighted by atomic mass is 9.97. The molecular formula is C68H111NO13. The van der Waals surface area contributed by atoms with Crippen molar-refractivity contribution >= 4 is 5.91 Å². The lowest BCUT2D eigenvalue weighted by Crippen LogP contribution is -2.65. The van der Waals surface area contributed by atoms with Crippen LogP contribution in [0.3, 0.4) is 0 Å². The molecule has 0 saturated carbocycles. The Morgan fingerprint density at radius 2 is 0.854 bits per heavy atom. The Labute approximate surface area is 494 Å². The standard InChI is InChI=1S/C68H111NO13/c1-3-5-7-9-11-13-15-17-19-21-23-24-25-26-27-28-29-30-31-32-34-36-38-40-42-44-46-48-50-52-60(73)69-56(57(72)51-49-47-45-43-41-39-37-35-33-22-20-18-16-14-12-10-8-6-4-2)55-79-67-65(78)63(76)66(59(54-71)81-67)82-68-64(77)62(75)61(74)58(53-70)80-68/h5,7,11,13,17,19,23-24,26-27,29-30,32-35,38,40-41,43,49,51,56-59,61-68,70-72,74-78H,3-4,6,8-10,12,14-16,18,20-22,25,28,31,36-37,39,42,44-48,50,52-55H2,1-2H3,(H,69,73)/b7-5-,13-11-,19-17-,24-23-,27-26-,30-29-,34-32-,35-33+,40-38-,43-41+,51-49+. The van der Waals surface area contributed by atoms with Crippen molar-refractivity contribution in [3.05, 3.63) is 134 Å². The minimum Gasteiger partial charge on any atom is -0.394 e. The van der Waals surface area contributed by atoms with Crippen LogP contribution in [0.5, 0.6) is 0 Å². The summed E-state index contributed by atoms with van der Waals surface area (Å²) in [6.07, 6.45) is 59.1. The molecule has 0 bridgehead atoms. The number of rotatable bonds is 48. The maximum absolute atomic E-state index is 13.3. The molecule has 12 unspecified atom stereocenters. The van der Waals surface area contributed by atoms with E-state index in [0.717, 1.165) is 103 Å². The molecule has 82 heavy (non-hydrogen) atoms. The van der Waals surface area contributed by atoms with Gasteiger partial charge in [-0.05, 0) is 109 Å². The second kappa shape index (κ2) is 51.5. The number of hydrogen-bond donors (Lipinski definition) is 9. The highest BCUT2D eigenvalue weighted by Gasteiger charge is 2.51. The molecule has 14 nitrogen and oxygen atoms in total. The highest BCUT2D eigenvalue weighted by atomic mass is 16.7. The van der Waals surface area contributed by atoms with Crippen LogP contribution in [0.1, 0.15) is 194 Å². The molecule has 1 amide bonds. The van der Waals surface area contributed by atoms with E-state index in [9.17, 15) is 45.6 Å². The Morgan fingerprint density at radius 1 is 0.451 bits per heavy atom. The van der Waals surface area contributed by atoms with Gasteiger partial charge in [0.2, 0.25) is 5.91 Å². The molecule has 0 aromatic carbocycles. The molecule has 0 spiro atoms. The van der Waals surface area contributed by atoms with Crippen LogP contribution >= 0.6 is 0 Å². The van der Waals surface area contributed by atoms with Crippen molar-refractivity contribution in [2.24, 2.45) is 0 Å². The van der Waals surface area contributed by atoms with Gasteiger partial charge in [-0.25, -0.2) is 0 Å². The maximum atomic E-state index is 13.3. The quantitative estimate of drug-likeness (QED) is 0.0204.